The standard InChI is InChI=1S/C19H30N2O3/c1-15(22)8-11-21(2)19(23)20-18(17-6-4-3-5-7-17)14-16-9-12-24-13-10-16/h3-7,15-16,18,22H,8-14H2,1-2H3,(H,20,23). The van der Waals surface area contributed by atoms with E-state index in [1.807, 2.05) is 18.2 Å². The first kappa shape index (κ1) is 18.7. The average Bonchev–Trinajstić information content (AvgIpc) is 2.60. The van der Waals surface area contributed by atoms with Gasteiger partial charge in [-0.05, 0) is 44.1 Å². The fourth-order valence-electron chi connectivity index (χ4n) is 3.02. The van der Waals surface area contributed by atoms with E-state index in [0.717, 1.165) is 38.0 Å². The summed E-state index contributed by atoms with van der Waals surface area (Å²) in [7, 11) is 1.77. The molecule has 2 N–H and O–H groups in total. The molecule has 0 bridgehead atoms. The number of hydrogen-bond donors (Lipinski definition) is 2. The van der Waals surface area contributed by atoms with Crippen LogP contribution in [0.25, 0.3) is 0 Å². The van der Waals surface area contributed by atoms with Gasteiger partial charge in [0.25, 0.3) is 0 Å². The van der Waals surface area contributed by atoms with Gasteiger partial charge in [-0.15, -0.1) is 0 Å². The van der Waals surface area contributed by atoms with Crippen molar-refractivity contribution in [3.63, 3.8) is 0 Å². The fraction of sp³-hybridized carbons (Fsp3) is 0.632. The van der Waals surface area contributed by atoms with Crippen molar-refractivity contribution in [3.05, 3.63) is 35.9 Å². The normalized spacial score (nSPS) is 18.0. The number of amides is 2. The number of aliphatic hydroxyl groups excluding tert-OH is 1. The molecule has 2 amide bonds. The second-order valence-corrected chi connectivity index (χ2v) is 6.76. The van der Waals surface area contributed by atoms with Gasteiger partial charge in [0.15, 0.2) is 0 Å². The van der Waals surface area contributed by atoms with Crippen molar-refractivity contribution in [2.75, 3.05) is 26.8 Å². The Kier molecular flexibility index (Phi) is 7.53. The van der Waals surface area contributed by atoms with E-state index in [9.17, 15) is 9.90 Å². The van der Waals surface area contributed by atoms with Crippen LogP contribution in [-0.4, -0.2) is 48.9 Å². The number of aliphatic hydroxyl groups is 1. The van der Waals surface area contributed by atoms with E-state index < -0.39 is 6.10 Å². The van der Waals surface area contributed by atoms with E-state index in [2.05, 4.69) is 17.4 Å². The lowest BCUT2D eigenvalue weighted by Crippen LogP contribution is -2.41. The lowest BCUT2D eigenvalue weighted by molar-refractivity contribution is 0.0606. The first-order chi connectivity index (χ1) is 11.6. The summed E-state index contributed by atoms with van der Waals surface area (Å²) in [6.07, 6.45) is 3.23. The van der Waals surface area contributed by atoms with E-state index >= 15 is 0 Å². The number of urea groups is 1. The Bertz CT molecular complexity index is 487. The Morgan fingerprint density at radius 2 is 2.00 bits per heavy atom. The zero-order valence-electron chi connectivity index (χ0n) is 14.8. The monoisotopic (exact) mass is 334 g/mol. The SMILES string of the molecule is CC(O)CCN(C)C(=O)NC(CC1CCOCC1)c1ccccc1. The van der Waals surface area contributed by atoms with Gasteiger partial charge >= 0.3 is 6.03 Å². The van der Waals surface area contributed by atoms with Crippen molar-refractivity contribution in [3.8, 4) is 0 Å². The molecule has 134 valence electrons. The Morgan fingerprint density at radius 3 is 2.62 bits per heavy atom. The largest absolute Gasteiger partial charge is 0.393 e. The minimum atomic E-state index is -0.396. The number of rotatable bonds is 7. The van der Waals surface area contributed by atoms with Crippen molar-refractivity contribution in [2.45, 2.75) is 44.8 Å². The maximum Gasteiger partial charge on any atom is 0.317 e. The van der Waals surface area contributed by atoms with Crippen LogP contribution in [-0.2, 0) is 4.74 Å². The smallest absolute Gasteiger partial charge is 0.317 e. The van der Waals surface area contributed by atoms with Crippen LogP contribution >= 0.6 is 0 Å². The average molecular weight is 334 g/mol. The molecule has 1 fully saturated rings. The summed E-state index contributed by atoms with van der Waals surface area (Å²) in [5.41, 5.74) is 1.14. The van der Waals surface area contributed by atoms with E-state index in [4.69, 9.17) is 4.74 Å². The van der Waals surface area contributed by atoms with Crippen molar-refractivity contribution in [1.82, 2.24) is 10.2 Å². The van der Waals surface area contributed by atoms with E-state index in [0.29, 0.717) is 18.9 Å². The van der Waals surface area contributed by atoms with Gasteiger partial charge in [-0.2, -0.15) is 0 Å². The Hall–Kier alpha value is -1.59. The molecular formula is C19H30N2O3. The van der Waals surface area contributed by atoms with Crippen LogP contribution in [0.1, 0.15) is 44.2 Å². The van der Waals surface area contributed by atoms with Crippen LogP contribution in [0.15, 0.2) is 30.3 Å². The van der Waals surface area contributed by atoms with Crippen LogP contribution in [0.3, 0.4) is 0 Å². The highest BCUT2D eigenvalue weighted by Gasteiger charge is 2.23. The molecule has 24 heavy (non-hydrogen) atoms. The summed E-state index contributed by atoms with van der Waals surface area (Å²) in [5, 5.41) is 12.6. The number of benzene rings is 1. The number of carbonyl (C=O) groups is 1. The van der Waals surface area contributed by atoms with Crippen molar-refractivity contribution in [1.29, 1.82) is 0 Å². The first-order valence-corrected chi connectivity index (χ1v) is 8.88. The molecule has 2 atom stereocenters. The third-order valence-electron chi connectivity index (χ3n) is 4.64. The summed E-state index contributed by atoms with van der Waals surface area (Å²) >= 11 is 0. The predicted molar refractivity (Wildman–Crippen MR) is 94.8 cm³/mol. The molecule has 0 radical (unpaired) electrons. The van der Waals surface area contributed by atoms with Gasteiger partial charge in [-0.1, -0.05) is 30.3 Å². The molecule has 1 aromatic rings. The molecule has 1 saturated heterocycles. The van der Waals surface area contributed by atoms with Crippen LogP contribution in [0.2, 0.25) is 0 Å². The van der Waals surface area contributed by atoms with Gasteiger partial charge in [0.2, 0.25) is 0 Å². The van der Waals surface area contributed by atoms with Crippen LogP contribution in [0.5, 0.6) is 0 Å². The van der Waals surface area contributed by atoms with Gasteiger partial charge in [-0.25, -0.2) is 4.79 Å². The number of nitrogens with one attached hydrogen (secondary N) is 1. The lowest BCUT2D eigenvalue weighted by atomic mass is 9.89. The summed E-state index contributed by atoms with van der Waals surface area (Å²) in [4.78, 5) is 14.1. The molecule has 1 aliphatic rings. The van der Waals surface area contributed by atoms with Crippen LogP contribution < -0.4 is 5.32 Å². The second kappa shape index (κ2) is 9.64. The molecule has 0 spiro atoms. The highest BCUT2D eigenvalue weighted by Crippen LogP contribution is 2.27. The summed E-state index contributed by atoms with van der Waals surface area (Å²) in [5.74, 6) is 0.576. The molecule has 1 heterocycles. The van der Waals surface area contributed by atoms with E-state index in [1.54, 1.807) is 18.9 Å². The molecule has 1 aromatic carbocycles. The maximum absolute atomic E-state index is 12.5. The van der Waals surface area contributed by atoms with Crippen LogP contribution in [0, 0.1) is 5.92 Å². The van der Waals surface area contributed by atoms with E-state index in [1.165, 1.54) is 0 Å². The van der Waals surface area contributed by atoms with Gasteiger partial charge in [0.1, 0.15) is 0 Å². The van der Waals surface area contributed by atoms with Crippen molar-refractivity contribution < 1.29 is 14.6 Å². The lowest BCUT2D eigenvalue weighted by Gasteiger charge is -2.29. The molecular weight excluding hydrogens is 304 g/mol. The molecule has 2 rings (SSSR count). The number of carbonyl (C=O) groups excluding carboxylic acids is 1. The third kappa shape index (κ3) is 6.13. The summed E-state index contributed by atoms with van der Waals surface area (Å²) in [6.45, 7) is 3.91. The highest BCUT2D eigenvalue weighted by molar-refractivity contribution is 5.74. The molecule has 0 aliphatic carbocycles. The van der Waals surface area contributed by atoms with Gasteiger partial charge in [0, 0.05) is 26.8 Å². The topological polar surface area (TPSA) is 61.8 Å². The maximum atomic E-state index is 12.5. The Labute approximate surface area is 145 Å². The minimum Gasteiger partial charge on any atom is -0.393 e. The second-order valence-electron chi connectivity index (χ2n) is 6.76. The summed E-state index contributed by atoms with van der Waals surface area (Å²) in [6, 6.07) is 10.1. The number of nitrogens with zero attached hydrogens (tertiary/aromatic N) is 1. The van der Waals surface area contributed by atoms with Gasteiger partial charge in [-0.3, -0.25) is 0 Å². The first-order valence-electron chi connectivity index (χ1n) is 8.88. The fourth-order valence-corrected chi connectivity index (χ4v) is 3.02. The van der Waals surface area contributed by atoms with Gasteiger partial charge in [0.05, 0.1) is 12.1 Å². The van der Waals surface area contributed by atoms with Crippen molar-refractivity contribution >= 4 is 6.03 Å². The molecule has 2 unspecified atom stereocenters. The molecule has 0 aromatic heterocycles. The minimum absolute atomic E-state index is 0.01000. The van der Waals surface area contributed by atoms with Gasteiger partial charge < -0.3 is 20.1 Å². The zero-order valence-corrected chi connectivity index (χ0v) is 14.8. The summed E-state index contributed by atoms with van der Waals surface area (Å²) < 4.78 is 5.44. The van der Waals surface area contributed by atoms with E-state index in [-0.39, 0.29) is 12.1 Å². The van der Waals surface area contributed by atoms with Crippen LogP contribution in [0.4, 0.5) is 4.79 Å². The zero-order chi connectivity index (χ0) is 17.4. The van der Waals surface area contributed by atoms with Crippen molar-refractivity contribution in [2.24, 2.45) is 5.92 Å². The predicted octanol–water partition coefficient (Wildman–Crippen LogP) is 2.96. The highest BCUT2D eigenvalue weighted by atomic mass is 16.5. The molecule has 1 aliphatic heterocycles. The Morgan fingerprint density at radius 1 is 1.33 bits per heavy atom. The molecule has 5 nitrogen and oxygen atoms in total. The third-order valence-corrected chi connectivity index (χ3v) is 4.64. The number of ether oxygens (including phenoxy) is 1. The number of hydrogen-bond acceptors (Lipinski definition) is 3. The molecule has 0 saturated carbocycles. The Balaban J connectivity index is 1.98. The quantitative estimate of drug-likeness (QED) is 0.806. The molecule has 5 heteroatoms.